The molecule has 1 saturated carbocycles. The first-order chi connectivity index (χ1) is 19.4. The van der Waals surface area contributed by atoms with Crippen LogP contribution in [0.25, 0.3) is 17.1 Å². The summed E-state index contributed by atoms with van der Waals surface area (Å²) in [5, 5.41) is 11.6. The van der Waals surface area contributed by atoms with Gasteiger partial charge in [0.15, 0.2) is 11.0 Å². The van der Waals surface area contributed by atoms with E-state index in [0.29, 0.717) is 33.7 Å². The number of thiazole rings is 1. The number of carbonyl (C=O) groups is 1. The predicted molar refractivity (Wildman–Crippen MR) is 152 cm³/mol. The van der Waals surface area contributed by atoms with Gasteiger partial charge in [-0.1, -0.05) is 38.6 Å². The molecule has 2 bridgehead atoms. The third-order valence-electron chi connectivity index (χ3n) is 7.77. The second-order valence-corrected chi connectivity index (χ2v) is 13.9. The van der Waals surface area contributed by atoms with Crippen molar-refractivity contribution < 1.29 is 18.0 Å². The molecule has 7 nitrogen and oxygen atoms in total. The summed E-state index contributed by atoms with van der Waals surface area (Å²) in [7, 11) is 0. The fourth-order valence-electron chi connectivity index (χ4n) is 6.55. The van der Waals surface area contributed by atoms with Crippen LogP contribution in [0.2, 0.25) is 0 Å². The van der Waals surface area contributed by atoms with E-state index in [2.05, 4.69) is 40.9 Å². The second-order valence-electron chi connectivity index (χ2n) is 12.0. The van der Waals surface area contributed by atoms with Crippen LogP contribution in [-0.2, 0) is 11.9 Å². The third kappa shape index (κ3) is 5.63. The van der Waals surface area contributed by atoms with Crippen LogP contribution in [-0.4, -0.2) is 48.1 Å². The number of likely N-dealkylation sites (tertiary alicyclic amines) is 1. The van der Waals surface area contributed by atoms with Gasteiger partial charge in [0.25, 0.3) is 5.91 Å². The van der Waals surface area contributed by atoms with Gasteiger partial charge >= 0.3 is 6.18 Å². The summed E-state index contributed by atoms with van der Waals surface area (Å²) < 4.78 is 42.2. The minimum atomic E-state index is -4.49. The summed E-state index contributed by atoms with van der Waals surface area (Å²) in [6.45, 7) is 7.58. The molecule has 0 spiro atoms. The molecule has 6 rings (SSSR count). The van der Waals surface area contributed by atoms with E-state index in [9.17, 15) is 18.0 Å². The van der Waals surface area contributed by atoms with Crippen molar-refractivity contribution >= 4 is 29.0 Å². The van der Waals surface area contributed by atoms with E-state index in [4.69, 9.17) is 0 Å². The zero-order valence-electron chi connectivity index (χ0n) is 22.9. The quantitative estimate of drug-likeness (QED) is 0.220. The van der Waals surface area contributed by atoms with Crippen molar-refractivity contribution in [2.75, 3.05) is 6.54 Å². The number of fused-ring (bicyclic) bond motifs is 2. The highest BCUT2D eigenvalue weighted by Gasteiger charge is 2.51. The number of alkyl halides is 3. The number of amides is 1. The van der Waals surface area contributed by atoms with Crippen molar-refractivity contribution in [2.24, 2.45) is 10.8 Å². The average molecular weight is 599 g/mol. The fourth-order valence-corrected chi connectivity index (χ4v) is 8.29. The topological polar surface area (TPSA) is 76.8 Å². The molecule has 4 aromatic rings. The van der Waals surface area contributed by atoms with Crippen LogP contribution in [0.3, 0.4) is 0 Å². The fraction of sp³-hybridized carbons (Fsp3) is 0.414. The molecule has 1 aromatic carbocycles. The Morgan fingerprint density at radius 2 is 1.90 bits per heavy atom. The Morgan fingerprint density at radius 1 is 1.12 bits per heavy atom. The van der Waals surface area contributed by atoms with Crippen molar-refractivity contribution in [1.82, 2.24) is 29.6 Å². The molecular formula is C29H29F3N6OS2. The first-order valence-corrected chi connectivity index (χ1v) is 15.2. The number of thioether (sulfide) groups is 1. The summed E-state index contributed by atoms with van der Waals surface area (Å²) in [6.07, 6.45) is 1.83. The van der Waals surface area contributed by atoms with Crippen LogP contribution in [0.5, 0.6) is 0 Å². The van der Waals surface area contributed by atoms with Crippen molar-refractivity contribution in [2.45, 2.75) is 63.2 Å². The van der Waals surface area contributed by atoms with Gasteiger partial charge < -0.3 is 4.90 Å². The number of halogens is 3. The molecule has 3 aromatic heterocycles. The molecule has 0 radical (unpaired) electrons. The van der Waals surface area contributed by atoms with Gasteiger partial charge in [-0.05, 0) is 60.4 Å². The van der Waals surface area contributed by atoms with Gasteiger partial charge in [0.1, 0.15) is 10.7 Å². The smallest absolute Gasteiger partial charge is 0.334 e. The summed E-state index contributed by atoms with van der Waals surface area (Å²) in [5.74, 6) is 0.761. The minimum absolute atomic E-state index is 0.0315. The molecule has 2 atom stereocenters. The Kier molecular flexibility index (Phi) is 6.96. The molecule has 41 heavy (non-hydrogen) atoms. The number of hydrogen-bond donors (Lipinski definition) is 0. The summed E-state index contributed by atoms with van der Waals surface area (Å²) in [5.41, 5.74) is 0.999. The molecule has 1 aliphatic heterocycles. The van der Waals surface area contributed by atoms with E-state index in [0.717, 1.165) is 42.9 Å². The number of rotatable bonds is 6. The number of benzene rings is 1. The molecule has 2 aliphatic rings. The molecular weight excluding hydrogens is 569 g/mol. The van der Waals surface area contributed by atoms with Crippen LogP contribution in [0.15, 0.2) is 59.3 Å². The van der Waals surface area contributed by atoms with Gasteiger partial charge in [-0.2, -0.15) is 13.2 Å². The molecule has 2 fully saturated rings. The third-order valence-corrected chi connectivity index (χ3v) is 9.75. The van der Waals surface area contributed by atoms with Gasteiger partial charge in [-0.15, -0.1) is 21.5 Å². The lowest BCUT2D eigenvalue weighted by molar-refractivity contribution is -0.137. The zero-order valence-corrected chi connectivity index (χ0v) is 24.5. The Labute approximate surface area is 244 Å². The Balaban J connectivity index is 1.24. The van der Waals surface area contributed by atoms with Gasteiger partial charge in [-0.3, -0.25) is 14.3 Å². The van der Waals surface area contributed by atoms with Crippen molar-refractivity contribution in [3.05, 3.63) is 70.4 Å². The van der Waals surface area contributed by atoms with E-state index < -0.39 is 11.7 Å². The first kappa shape index (κ1) is 27.9. The summed E-state index contributed by atoms with van der Waals surface area (Å²) >= 11 is 2.71. The average Bonchev–Trinajstić information content (AvgIpc) is 3.62. The van der Waals surface area contributed by atoms with E-state index >= 15 is 0 Å². The van der Waals surface area contributed by atoms with Crippen LogP contribution in [0, 0.1) is 10.8 Å². The van der Waals surface area contributed by atoms with Gasteiger partial charge in [-0.25, -0.2) is 4.98 Å². The van der Waals surface area contributed by atoms with Crippen molar-refractivity contribution in [3.8, 4) is 17.1 Å². The van der Waals surface area contributed by atoms with Crippen LogP contribution < -0.4 is 0 Å². The number of hydrogen-bond acceptors (Lipinski definition) is 7. The molecule has 4 heterocycles. The minimum Gasteiger partial charge on any atom is -0.334 e. The standard InChI is InChI=1S/C29H29F3N6OS2/c1-27(2)12-21-13-28(3,16-27)17-37(21)25(39)22-14-40-23(34-22)15-41-26-36-35-24(18-7-9-33-10-8-18)38(26)20-6-4-5-19(11-20)29(30,31)32/h4-11,14,21H,12-13,15-17H2,1-3H3. The van der Waals surface area contributed by atoms with E-state index in [-0.39, 0.29) is 22.8 Å². The number of carbonyl (C=O) groups excluding carboxylic acids is 1. The Hall–Kier alpha value is -3.25. The summed E-state index contributed by atoms with van der Waals surface area (Å²) in [4.78, 5) is 24.2. The predicted octanol–water partition coefficient (Wildman–Crippen LogP) is 7.14. The highest BCUT2D eigenvalue weighted by Crippen LogP contribution is 2.52. The molecule has 12 heteroatoms. The van der Waals surface area contributed by atoms with Gasteiger partial charge in [0, 0.05) is 35.9 Å². The number of pyridine rings is 1. The number of nitrogens with zero attached hydrogens (tertiary/aromatic N) is 6. The maximum Gasteiger partial charge on any atom is 0.416 e. The lowest BCUT2D eigenvalue weighted by Gasteiger charge is -2.39. The maximum absolute atomic E-state index is 13.5. The highest BCUT2D eigenvalue weighted by atomic mass is 32.2. The molecule has 0 N–H and O–H groups in total. The van der Waals surface area contributed by atoms with Gasteiger partial charge in [0.05, 0.1) is 17.0 Å². The van der Waals surface area contributed by atoms with Crippen LogP contribution in [0.4, 0.5) is 13.2 Å². The van der Waals surface area contributed by atoms with E-state index in [1.54, 1.807) is 40.5 Å². The summed E-state index contributed by atoms with van der Waals surface area (Å²) in [6, 6.07) is 8.79. The largest absolute Gasteiger partial charge is 0.416 e. The molecule has 1 aliphatic carbocycles. The van der Waals surface area contributed by atoms with E-state index in [1.165, 1.54) is 29.2 Å². The maximum atomic E-state index is 13.5. The number of aromatic nitrogens is 5. The van der Waals surface area contributed by atoms with Crippen LogP contribution >= 0.6 is 23.1 Å². The monoisotopic (exact) mass is 598 g/mol. The Morgan fingerprint density at radius 3 is 2.66 bits per heavy atom. The molecule has 1 amide bonds. The second kappa shape index (κ2) is 10.2. The molecule has 1 saturated heterocycles. The van der Waals surface area contributed by atoms with Gasteiger partial charge in [0.2, 0.25) is 0 Å². The lowest BCUT2D eigenvalue weighted by atomic mass is 9.65. The molecule has 2 unspecified atom stereocenters. The molecule has 214 valence electrons. The SMILES string of the molecule is CC1(C)CC2CC(C)(CN2C(=O)c2csc(CSc3nnc(-c4ccncc4)n3-c3cccc(C(F)(F)F)c3)n2)C1. The normalized spacial score (nSPS) is 21.8. The first-order valence-electron chi connectivity index (χ1n) is 13.3. The zero-order chi connectivity index (χ0) is 29.0. The highest BCUT2D eigenvalue weighted by molar-refractivity contribution is 7.98. The lowest BCUT2D eigenvalue weighted by Crippen LogP contribution is -2.37. The van der Waals surface area contributed by atoms with Crippen LogP contribution in [0.1, 0.15) is 61.1 Å². The van der Waals surface area contributed by atoms with Crippen molar-refractivity contribution in [1.29, 1.82) is 0 Å². The van der Waals surface area contributed by atoms with Crippen molar-refractivity contribution in [3.63, 3.8) is 0 Å². The Bertz CT molecular complexity index is 1580. The van der Waals surface area contributed by atoms with E-state index in [1.807, 2.05) is 4.90 Å².